The Labute approximate surface area is 117 Å². The highest BCUT2D eigenvalue weighted by atomic mass is 32.1. The average Bonchev–Trinajstić information content (AvgIpc) is 2.79. The van der Waals surface area contributed by atoms with Crippen LogP contribution < -0.4 is 5.32 Å². The van der Waals surface area contributed by atoms with Crippen molar-refractivity contribution in [2.75, 3.05) is 5.32 Å². The van der Waals surface area contributed by atoms with Gasteiger partial charge in [-0.1, -0.05) is 20.8 Å². The molecule has 0 bridgehead atoms. The van der Waals surface area contributed by atoms with Gasteiger partial charge in [0.05, 0.1) is 12.2 Å². The third-order valence-electron chi connectivity index (χ3n) is 2.92. The van der Waals surface area contributed by atoms with E-state index in [1.807, 2.05) is 6.07 Å². The molecule has 0 aliphatic rings. The second-order valence-corrected chi connectivity index (χ2v) is 6.64. The van der Waals surface area contributed by atoms with E-state index in [4.69, 9.17) is 0 Å². The molecule has 0 aliphatic carbocycles. The number of thiazole rings is 1. The number of benzene rings is 1. The average molecular weight is 278 g/mol. The molecule has 2 rings (SSSR count). The molecule has 0 spiro atoms. The Hall–Kier alpha value is -1.42. The van der Waals surface area contributed by atoms with Crippen molar-refractivity contribution < 1.29 is 4.39 Å². The van der Waals surface area contributed by atoms with Crippen LogP contribution in [-0.2, 0) is 12.0 Å². The molecule has 2 nitrogen and oxygen atoms in total. The zero-order chi connectivity index (χ0) is 14.0. The zero-order valence-electron chi connectivity index (χ0n) is 11.7. The summed E-state index contributed by atoms with van der Waals surface area (Å²) >= 11 is 1.66. The van der Waals surface area contributed by atoms with Crippen molar-refractivity contribution in [3.8, 4) is 0 Å². The third-order valence-corrected chi connectivity index (χ3v) is 3.77. The molecule has 0 amide bonds. The maximum absolute atomic E-state index is 13.2. The van der Waals surface area contributed by atoms with E-state index in [1.165, 1.54) is 6.07 Å². The Morgan fingerprint density at radius 3 is 2.63 bits per heavy atom. The van der Waals surface area contributed by atoms with Gasteiger partial charge in [0.25, 0.3) is 0 Å². The van der Waals surface area contributed by atoms with Crippen LogP contribution in [0.3, 0.4) is 0 Å². The molecule has 0 fully saturated rings. The van der Waals surface area contributed by atoms with Crippen molar-refractivity contribution in [1.82, 2.24) is 4.98 Å². The second kappa shape index (κ2) is 5.29. The number of hydrogen-bond donors (Lipinski definition) is 1. The zero-order valence-corrected chi connectivity index (χ0v) is 12.6. The lowest BCUT2D eigenvalue weighted by molar-refractivity contribution is 0.571. The molecule has 2 aromatic rings. The Bertz CT molecular complexity index is 570. The summed E-state index contributed by atoms with van der Waals surface area (Å²) in [4.78, 5) is 4.62. The summed E-state index contributed by atoms with van der Waals surface area (Å²) < 4.78 is 13.2. The summed E-state index contributed by atoms with van der Waals surface area (Å²) in [6.45, 7) is 8.90. The van der Waals surface area contributed by atoms with Crippen molar-refractivity contribution in [2.45, 2.75) is 39.7 Å². The number of halogens is 1. The maximum atomic E-state index is 13.2. The molecule has 1 N–H and O–H groups in total. The summed E-state index contributed by atoms with van der Waals surface area (Å²) in [5, 5.41) is 6.43. The van der Waals surface area contributed by atoms with Gasteiger partial charge < -0.3 is 5.32 Å². The van der Waals surface area contributed by atoms with Crippen LogP contribution >= 0.6 is 11.3 Å². The molecule has 0 saturated heterocycles. The summed E-state index contributed by atoms with van der Waals surface area (Å²) in [6.07, 6.45) is 0. The molecule has 0 saturated carbocycles. The molecule has 4 heteroatoms. The molecular formula is C15H19FN2S. The first kappa shape index (κ1) is 14.0. The van der Waals surface area contributed by atoms with Crippen LogP contribution in [0.25, 0.3) is 0 Å². The van der Waals surface area contributed by atoms with Crippen molar-refractivity contribution in [1.29, 1.82) is 0 Å². The van der Waals surface area contributed by atoms with Crippen LogP contribution in [-0.4, -0.2) is 4.98 Å². The number of anilines is 1. The largest absolute Gasteiger partial charge is 0.379 e. The molecule has 1 aromatic heterocycles. The number of aryl methyl sites for hydroxylation is 1. The highest BCUT2D eigenvalue weighted by Crippen LogP contribution is 2.24. The standard InChI is InChI=1S/C15H19FN2S/c1-10-7-11(5-6-12(10)16)17-8-14-18-13(9-19-14)15(2,3)4/h5-7,9,17H,8H2,1-4H3. The van der Waals surface area contributed by atoms with E-state index in [9.17, 15) is 4.39 Å². The van der Waals surface area contributed by atoms with Gasteiger partial charge in [-0.15, -0.1) is 11.3 Å². The Morgan fingerprint density at radius 2 is 2.05 bits per heavy atom. The van der Waals surface area contributed by atoms with Crippen molar-refractivity contribution in [3.63, 3.8) is 0 Å². The minimum atomic E-state index is -0.171. The van der Waals surface area contributed by atoms with Crippen LogP contribution in [0.1, 0.15) is 37.0 Å². The number of nitrogens with one attached hydrogen (secondary N) is 1. The van der Waals surface area contributed by atoms with Crippen LogP contribution in [0.2, 0.25) is 0 Å². The highest BCUT2D eigenvalue weighted by Gasteiger charge is 2.17. The summed E-state index contributed by atoms with van der Waals surface area (Å²) in [6, 6.07) is 5.05. The molecule has 0 atom stereocenters. The second-order valence-electron chi connectivity index (χ2n) is 5.69. The molecule has 1 heterocycles. The Kier molecular flexibility index (Phi) is 3.90. The molecule has 0 unspecified atom stereocenters. The van der Waals surface area contributed by atoms with Crippen LogP contribution in [0.15, 0.2) is 23.6 Å². The van der Waals surface area contributed by atoms with Crippen LogP contribution in [0, 0.1) is 12.7 Å². The Morgan fingerprint density at radius 1 is 1.32 bits per heavy atom. The lowest BCUT2D eigenvalue weighted by atomic mass is 9.93. The predicted molar refractivity (Wildman–Crippen MR) is 79.3 cm³/mol. The highest BCUT2D eigenvalue weighted by molar-refractivity contribution is 7.09. The smallest absolute Gasteiger partial charge is 0.126 e. The number of nitrogens with zero attached hydrogens (tertiary/aromatic N) is 1. The molecule has 102 valence electrons. The van der Waals surface area contributed by atoms with E-state index in [0.717, 1.165) is 16.4 Å². The van der Waals surface area contributed by atoms with Gasteiger partial charge in [-0.2, -0.15) is 0 Å². The molecule has 1 aromatic carbocycles. The topological polar surface area (TPSA) is 24.9 Å². The van der Waals surface area contributed by atoms with E-state index >= 15 is 0 Å². The van der Waals surface area contributed by atoms with Crippen molar-refractivity contribution in [3.05, 3.63) is 45.7 Å². The van der Waals surface area contributed by atoms with Crippen molar-refractivity contribution >= 4 is 17.0 Å². The first-order valence-corrected chi connectivity index (χ1v) is 7.19. The lowest BCUT2D eigenvalue weighted by Crippen LogP contribution is -2.11. The Balaban J connectivity index is 2.02. The van der Waals surface area contributed by atoms with Gasteiger partial charge in [-0.05, 0) is 30.7 Å². The van der Waals surface area contributed by atoms with Gasteiger partial charge in [0.2, 0.25) is 0 Å². The SMILES string of the molecule is Cc1cc(NCc2nc(C(C)(C)C)cs2)ccc1F. The van der Waals surface area contributed by atoms with Gasteiger partial charge >= 0.3 is 0 Å². The van der Waals surface area contributed by atoms with Gasteiger partial charge in [0.15, 0.2) is 0 Å². The van der Waals surface area contributed by atoms with Gasteiger partial charge in [-0.3, -0.25) is 0 Å². The first-order chi connectivity index (χ1) is 8.86. The molecular weight excluding hydrogens is 259 g/mol. The van der Waals surface area contributed by atoms with E-state index < -0.39 is 0 Å². The normalized spacial score (nSPS) is 11.6. The maximum Gasteiger partial charge on any atom is 0.126 e. The third kappa shape index (κ3) is 3.53. The molecule has 0 radical (unpaired) electrons. The first-order valence-electron chi connectivity index (χ1n) is 6.31. The lowest BCUT2D eigenvalue weighted by Gasteiger charge is -2.14. The van der Waals surface area contributed by atoms with Crippen LogP contribution in [0.4, 0.5) is 10.1 Å². The van der Waals surface area contributed by atoms with Crippen molar-refractivity contribution in [2.24, 2.45) is 0 Å². The van der Waals surface area contributed by atoms with Gasteiger partial charge in [0.1, 0.15) is 10.8 Å². The molecule has 19 heavy (non-hydrogen) atoms. The molecule has 0 aliphatic heterocycles. The van der Waals surface area contributed by atoms with E-state index in [2.05, 4.69) is 36.5 Å². The number of hydrogen-bond acceptors (Lipinski definition) is 3. The van der Waals surface area contributed by atoms with Gasteiger partial charge in [-0.25, -0.2) is 9.37 Å². The number of rotatable bonds is 3. The van der Waals surface area contributed by atoms with Crippen LogP contribution in [0.5, 0.6) is 0 Å². The summed E-state index contributed by atoms with van der Waals surface area (Å²) in [7, 11) is 0. The van der Waals surface area contributed by atoms with E-state index in [-0.39, 0.29) is 11.2 Å². The summed E-state index contributed by atoms with van der Waals surface area (Å²) in [5.41, 5.74) is 2.77. The quantitative estimate of drug-likeness (QED) is 0.894. The summed E-state index contributed by atoms with van der Waals surface area (Å²) in [5.74, 6) is -0.171. The fourth-order valence-corrected chi connectivity index (χ4v) is 2.63. The fraction of sp³-hybridized carbons (Fsp3) is 0.400. The number of aromatic nitrogens is 1. The monoisotopic (exact) mass is 278 g/mol. The fourth-order valence-electron chi connectivity index (χ4n) is 1.67. The minimum absolute atomic E-state index is 0.0845. The van der Waals surface area contributed by atoms with E-state index in [1.54, 1.807) is 24.3 Å². The van der Waals surface area contributed by atoms with E-state index in [0.29, 0.717) is 12.1 Å². The predicted octanol–water partition coefficient (Wildman–Crippen LogP) is 4.50. The van der Waals surface area contributed by atoms with Gasteiger partial charge in [0, 0.05) is 16.5 Å². The minimum Gasteiger partial charge on any atom is -0.379 e.